The Hall–Kier alpha value is -2.70. The van der Waals surface area contributed by atoms with Crippen LogP contribution in [0.3, 0.4) is 0 Å². The maximum absolute atomic E-state index is 12.5. The molecule has 0 aromatic heterocycles. The maximum Gasteiger partial charge on any atom is 0.340 e. The molecular weight excluding hydrogens is 332 g/mol. The number of rotatable bonds is 2. The van der Waals surface area contributed by atoms with Gasteiger partial charge >= 0.3 is 5.97 Å². The molecule has 0 saturated carbocycles. The summed E-state index contributed by atoms with van der Waals surface area (Å²) in [5, 5.41) is 4.56. The average molecular weight is 352 g/mol. The summed E-state index contributed by atoms with van der Waals surface area (Å²) in [6.07, 6.45) is 0.336. The molecule has 2 heterocycles. The fourth-order valence-electron chi connectivity index (χ4n) is 4.04. The third kappa shape index (κ3) is 2.34. The van der Waals surface area contributed by atoms with Crippen LogP contribution < -0.4 is 5.32 Å². The number of para-hydroxylation sites is 1. The second-order valence-corrected chi connectivity index (χ2v) is 6.85. The van der Waals surface area contributed by atoms with Crippen molar-refractivity contribution in [2.45, 2.75) is 24.5 Å². The molecule has 6 heteroatoms. The summed E-state index contributed by atoms with van der Waals surface area (Å²) < 4.78 is 4.98. The second-order valence-electron chi connectivity index (χ2n) is 6.85. The fourth-order valence-corrected chi connectivity index (χ4v) is 4.04. The zero-order valence-corrected chi connectivity index (χ0v) is 14.7. The van der Waals surface area contributed by atoms with Crippen molar-refractivity contribution < 1.29 is 19.2 Å². The average Bonchev–Trinajstić information content (AvgIpc) is 2.90. The molecule has 2 aromatic carbocycles. The lowest BCUT2D eigenvalue weighted by molar-refractivity contribution is -0.222. The third-order valence-corrected chi connectivity index (χ3v) is 5.13. The van der Waals surface area contributed by atoms with Crippen molar-refractivity contribution in [3.05, 3.63) is 65.7 Å². The van der Waals surface area contributed by atoms with Gasteiger partial charge in [-0.1, -0.05) is 48.5 Å². The largest absolute Gasteiger partial charge is 0.467 e. The van der Waals surface area contributed by atoms with E-state index in [1.807, 2.05) is 54.6 Å². The van der Waals surface area contributed by atoms with E-state index in [1.54, 1.807) is 12.0 Å². The van der Waals surface area contributed by atoms with Crippen LogP contribution in [0.4, 0.5) is 5.69 Å². The number of hydroxylamine groups is 2. The molecule has 2 atom stereocenters. The molecule has 26 heavy (non-hydrogen) atoms. The normalized spacial score (nSPS) is 27.8. The Bertz CT molecular complexity index is 869. The number of nitrogens with zero attached hydrogens (tertiary/aromatic N) is 1. The molecule has 2 aromatic rings. The molecule has 0 spiro atoms. The Morgan fingerprint density at radius 3 is 2.58 bits per heavy atom. The number of hydrogen-bond acceptors (Lipinski definition) is 5. The Morgan fingerprint density at radius 2 is 1.85 bits per heavy atom. The number of fused-ring (bicyclic) bond motifs is 3. The Balaban J connectivity index is 1.99. The van der Waals surface area contributed by atoms with Gasteiger partial charge in [-0.3, -0.25) is 9.63 Å². The summed E-state index contributed by atoms with van der Waals surface area (Å²) in [5.74, 6) is -0.650. The molecule has 0 bridgehead atoms. The number of benzene rings is 2. The first kappa shape index (κ1) is 16.8. The maximum atomic E-state index is 12.5. The Labute approximate surface area is 151 Å². The van der Waals surface area contributed by atoms with Crippen molar-refractivity contribution in [3.63, 3.8) is 0 Å². The summed E-state index contributed by atoms with van der Waals surface area (Å²) in [4.78, 5) is 31.0. The van der Waals surface area contributed by atoms with E-state index in [1.165, 1.54) is 7.11 Å². The summed E-state index contributed by atoms with van der Waals surface area (Å²) in [6.45, 7) is 1.72. The smallest absolute Gasteiger partial charge is 0.340 e. The van der Waals surface area contributed by atoms with Gasteiger partial charge in [-0.05, 0) is 18.6 Å². The van der Waals surface area contributed by atoms with Gasteiger partial charge in [-0.15, -0.1) is 0 Å². The number of nitrogens with one attached hydrogen (secondary N) is 1. The molecule has 0 aliphatic carbocycles. The lowest BCUT2D eigenvalue weighted by atomic mass is 9.75. The molecule has 1 saturated heterocycles. The standard InChI is InChI=1S/C20H20N2O4/c1-19(18(24)25-2)13-20(14-8-4-3-5-9-14)15-10-6-7-11-16(15)21-17(23)12-22(20)26-19/h3-11H,12-13H2,1-2H3,(H,21,23)/t19-,20+/m1/s1. The molecule has 0 radical (unpaired) electrons. The number of hydrogen-bond donors (Lipinski definition) is 1. The lowest BCUT2D eigenvalue weighted by Crippen LogP contribution is -2.42. The molecule has 2 aliphatic rings. The van der Waals surface area contributed by atoms with Gasteiger partial charge in [0, 0.05) is 17.7 Å². The second kappa shape index (κ2) is 5.93. The molecule has 0 unspecified atom stereocenters. The van der Waals surface area contributed by atoms with E-state index in [0.717, 1.165) is 16.8 Å². The van der Waals surface area contributed by atoms with E-state index in [-0.39, 0.29) is 12.5 Å². The van der Waals surface area contributed by atoms with Gasteiger partial charge in [-0.2, -0.15) is 5.06 Å². The quantitative estimate of drug-likeness (QED) is 0.841. The van der Waals surface area contributed by atoms with Crippen LogP contribution in [-0.4, -0.2) is 36.2 Å². The molecule has 1 N–H and O–H groups in total. The summed E-state index contributed by atoms with van der Waals surface area (Å²) in [7, 11) is 1.34. The van der Waals surface area contributed by atoms with Gasteiger partial charge in [0.05, 0.1) is 7.11 Å². The predicted octanol–water partition coefficient (Wildman–Crippen LogP) is 2.45. The van der Waals surface area contributed by atoms with Crippen molar-refractivity contribution in [2.75, 3.05) is 19.0 Å². The highest BCUT2D eigenvalue weighted by Gasteiger charge is 2.60. The Morgan fingerprint density at radius 1 is 1.15 bits per heavy atom. The molecule has 1 fully saturated rings. The van der Waals surface area contributed by atoms with E-state index in [4.69, 9.17) is 9.57 Å². The minimum Gasteiger partial charge on any atom is -0.467 e. The van der Waals surface area contributed by atoms with Crippen molar-refractivity contribution in [1.82, 2.24) is 5.06 Å². The topological polar surface area (TPSA) is 67.9 Å². The molecule has 1 amide bonds. The van der Waals surface area contributed by atoms with Gasteiger partial charge in [0.15, 0.2) is 5.60 Å². The van der Waals surface area contributed by atoms with Gasteiger partial charge in [0.1, 0.15) is 12.1 Å². The number of esters is 1. The number of carbonyl (C=O) groups is 2. The monoisotopic (exact) mass is 352 g/mol. The summed E-state index contributed by atoms with van der Waals surface area (Å²) in [5.41, 5.74) is 0.609. The minimum absolute atomic E-state index is 0.0101. The summed E-state index contributed by atoms with van der Waals surface area (Å²) >= 11 is 0. The number of anilines is 1. The number of amides is 1. The van der Waals surface area contributed by atoms with Crippen LogP contribution in [-0.2, 0) is 24.7 Å². The van der Waals surface area contributed by atoms with E-state index < -0.39 is 17.1 Å². The van der Waals surface area contributed by atoms with Gasteiger partial charge in [0.25, 0.3) is 0 Å². The molecule has 134 valence electrons. The molecule has 6 nitrogen and oxygen atoms in total. The van der Waals surface area contributed by atoms with E-state index in [9.17, 15) is 9.59 Å². The van der Waals surface area contributed by atoms with E-state index in [2.05, 4.69) is 5.32 Å². The van der Waals surface area contributed by atoms with Crippen molar-refractivity contribution in [3.8, 4) is 0 Å². The van der Waals surface area contributed by atoms with Crippen molar-refractivity contribution >= 4 is 17.6 Å². The number of carbonyl (C=O) groups excluding carboxylic acids is 2. The van der Waals surface area contributed by atoms with E-state index in [0.29, 0.717) is 6.42 Å². The van der Waals surface area contributed by atoms with Crippen molar-refractivity contribution in [1.29, 1.82) is 0 Å². The van der Waals surface area contributed by atoms with Crippen LogP contribution in [0.2, 0.25) is 0 Å². The molecular formula is C20H20N2O4. The Kier molecular flexibility index (Phi) is 3.82. The van der Waals surface area contributed by atoms with Crippen LogP contribution in [0.1, 0.15) is 24.5 Å². The highest BCUT2D eigenvalue weighted by atomic mass is 16.7. The van der Waals surface area contributed by atoms with Crippen LogP contribution in [0.25, 0.3) is 0 Å². The first-order valence-corrected chi connectivity index (χ1v) is 8.50. The minimum atomic E-state index is -1.19. The van der Waals surface area contributed by atoms with Crippen LogP contribution in [0, 0.1) is 0 Å². The molecule has 2 aliphatic heterocycles. The fraction of sp³-hybridized carbons (Fsp3) is 0.300. The first-order chi connectivity index (χ1) is 12.5. The number of methoxy groups -OCH3 is 1. The van der Waals surface area contributed by atoms with Crippen LogP contribution >= 0.6 is 0 Å². The van der Waals surface area contributed by atoms with Crippen LogP contribution in [0.15, 0.2) is 54.6 Å². The summed E-state index contributed by atoms with van der Waals surface area (Å²) in [6, 6.07) is 17.4. The first-order valence-electron chi connectivity index (χ1n) is 8.50. The van der Waals surface area contributed by atoms with Gasteiger partial charge in [0.2, 0.25) is 5.91 Å². The van der Waals surface area contributed by atoms with Crippen LogP contribution in [0.5, 0.6) is 0 Å². The SMILES string of the molecule is COC(=O)[C@@]1(C)C[C@]2(c3ccccc3)c3ccccc3NC(=O)CN2O1. The number of ether oxygens (including phenoxy) is 1. The predicted molar refractivity (Wildman–Crippen MR) is 95.1 cm³/mol. The third-order valence-electron chi connectivity index (χ3n) is 5.13. The zero-order valence-electron chi connectivity index (χ0n) is 14.7. The van der Waals surface area contributed by atoms with Gasteiger partial charge in [-0.25, -0.2) is 4.79 Å². The molecule has 4 rings (SSSR count). The van der Waals surface area contributed by atoms with Crippen molar-refractivity contribution in [2.24, 2.45) is 0 Å². The van der Waals surface area contributed by atoms with E-state index >= 15 is 0 Å². The highest BCUT2D eigenvalue weighted by Crippen LogP contribution is 2.52. The zero-order chi connectivity index (χ0) is 18.4. The lowest BCUT2D eigenvalue weighted by Gasteiger charge is -2.35. The van der Waals surface area contributed by atoms with Gasteiger partial charge < -0.3 is 10.1 Å². The highest BCUT2D eigenvalue weighted by molar-refractivity contribution is 5.94.